The molecule has 6 nitrogen and oxygen atoms in total. The highest BCUT2D eigenvalue weighted by atomic mass is 35.5. The molecule has 3 aromatic rings. The van der Waals surface area contributed by atoms with Gasteiger partial charge in [0.05, 0.1) is 21.6 Å². The Balaban J connectivity index is 1.42. The molecule has 2 aromatic heterocycles. The predicted octanol–water partition coefficient (Wildman–Crippen LogP) is 3.80. The summed E-state index contributed by atoms with van der Waals surface area (Å²) in [5.41, 5.74) is -0.205. The van der Waals surface area contributed by atoms with Crippen LogP contribution in [0.15, 0.2) is 41.3 Å². The molecule has 0 aliphatic carbocycles. The second kappa shape index (κ2) is 7.79. The number of fused-ring (bicyclic) bond motifs is 1. The fourth-order valence-electron chi connectivity index (χ4n) is 3.67. The Morgan fingerprint density at radius 2 is 1.93 bits per heavy atom. The van der Waals surface area contributed by atoms with Crippen molar-refractivity contribution < 1.29 is 18.0 Å². The number of carbonyl (C=O) groups excluding carboxylic acids is 1. The molecule has 0 saturated carbocycles. The molecule has 1 aromatic carbocycles. The normalized spacial score (nSPS) is 15.7. The summed E-state index contributed by atoms with van der Waals surface area (Å²) in [6.07, 6.45) is -1.73. The lowest BCUT2D eigenvalue weighted by Crippen LogP contribution is -2.41. The van der Waals surface area contributed by atoms with Crippen molar-refractivity contribution in [1.29, 1.82) is 0 Å². The number of H-pyrrole nitrogens is 1. The van der Waals surface area contributed by atoms with Crippen LogP contribution in [0.4, 0.5) is 13.2 Å². The van der Waals surface area contributed by atoms with E-state index in [9.17, 15) is 22.8 Å². The number of rotatable bonds is 3. The van der Waals surface area contributed by atoms with Crippen molar-refractivity contribution in [2.45, 2.75) is 31.5 Å². The van der Waals surface area contributed by atoms with Gasteiger partial charge in [-0.2, -0.15) is 13.2 Å². The van der Waals surface area contributed by atoms with Gasteiger partial charge in [0.1, 0.15) is 12.4 Å². The van der Waals surface area contributed by atoms with Gasteiger partial charge in [-0.15, -0.1) is 0 Å². The van der Waals surface area contributed by atoms with Crippen molar-refractivity contribution in [3.63, 3.8) is 0 Å². The highest BCUT2D eigenvalue weighted by Gasteiger charge is 2.31. The number of piperidine rings is 1. The smallest absolute Gasteiger partial charge is 0.342 e. The molecule has 1 amide bonds. The third-order valence-electron chi connectivity index (χ3n) is 5.32. The maximum absolute atomic E-state index is 12.9. The molecular weight excluding hydrogens is 421 g/mol. The van der Waals surface area contributed by atoms with Crippen LogP contribution in [0.1, 0.15) is 30.1 Å². The summed E-state index contributed by atoms with van der Waals surface area (Å²) in [4.78, 5) is 33.5. The average molecular weight is 439 g/mol. The highest BCUT2D eigenvalue weighted by molar-refractivity contribution is 6.30. The van der Waals surface area contributed by atoms with Crippen molar-refractivity contribution >= 4 is 28.5 Å². The zero-order valence-corrected chi connectivity index (χ0v) is 16.5. The average Bonchev–Trinajstić information content (AvgIpc) is 3.13. The van der Waals surface area contributed by atoms with Gasteiger partial charge in [0.2, 0.25) is 5.91 Å². The summed E-state index contributed by atoms with van der Waals surface area (Å²) in [5, 5.41) is 0.375. The van der Waals surface area contributed by atoms with Crippen LogP contribution in [0.3, 0.4) is 0 Å². The third-order valence-corrected chi connectivity index (χ3v) is 5.54. The van der Waals surface area contributed by atoms with Gasteiger partial charge >= 0.3 is 6.18 Å². The minimum Gasteiger partial charge on any atom is -0.342 e. The van der Waals surface area contributed by atoms with Crippen molar-refractivity contribution in [3.05, 3.63) is 63.3 Å². The van der Waals surface area contributed by atoms with Gasteiger partial charge in [0.15, 0.2) is 0 Å². The van der Waals surface area contributed by atoms with E-state index < -0.39 is 11.7 Å². The molecule has 0 atom stereocenters. The molecule has 0 bridgehead atoms. The van der Waals surface area contributed by atoms with Gasteiger partial charge in [-0.3, -0.25) is 9.59 Å². The summed E-state index contributed by atoms with van der Waals surface area (Å²) < 4.78 is 40.0. The van der Waals surface area contributed by atoms with Gasteiger partial charge in [0, 0.05) is 31.3 Å². The molecule has 0 radical (unpaired) electrons. The lowest BCUT2D eigenvalue weighted by Gasteiger charge is -2.31. The van der Waals surface area contributed by atoms with Crippen LogP contribution in [0.2, 0.25) is 5.02 Å². The number of hydrogen-bond acceptors (Lipinski definition) is 3. The van der Waals surface area contributed by atoms with Crippen LogP contribution < -0.4 is 5.56 Å². The minimum atomic E-state index is -4.41. The second-order valence-corrected chi connectivity index (χ2v) is 7.76. The number of carbonyl (C=O) groups is 1. The number of amides is 1. The molecule has 30 heavy (non-hydrogen) atoms. The van der Waals surface area contributed by atoms with E-state index in [-0.39, 0.29) is 29.4 Å². The number of nitrogens with one attached hydrogen (secondary N) is 1. The molecule has 4 rings (SSSR count). The number of pyridine rings is 1. The standard InChI is InChI=1S/C20H18ClF3N4O2/c21-14-2-4-17(29)28(10-14)11-18(30)27-7-5-12(6-8-27)19-25-15-3-1-13(20(22,23)24)9-16(15)26-19/h1-4,9-10,12H,5-8,11H2,(H,25,26). The second-order valence-electron chi connectivity index (χ2n) is 7.32. The largest absolute Gasteiger partial charge is 0.416 e. The Labute approximate surface area is 174 Å². The lowest BCUT2D eigenvalue weighted by atomic mass is 9.96. The molecule has 0 unspecified atom stereocenters. The SMILES string of the molecule is O=C(Cn1cc(Cl)ccc1=O)N1CCC(c2nc3cc(C(F)(F)F)ccc3[nH]2)CC1. The van der Waals surface area contributed by atoms with E-state index in [1.54, 1.807) is 4.90 Å². The zero-order chi connectivity index (χ0) is 21.5. The van der Waals surface area contributed by atoms with Gasteiger partial charge in [0.25, 0.3) is 5.56 Å². The third kappa shape index (κ3) is 4.21. The number of nitrogens with zero attached hydrogens (tertiary/aromatic N) is 3. The number of likely N-dealkylation sites (tertiary alicyclic amines) is 1. The zero-order valence-electron chi connectivity index (χ0n) is 15.7. The Kier molecular flexibility index (Phi) is 5.31. The van der Waals surface area contributed by atoms with Crippen LogP contribution in [-0.4, -0.2) is 38.4 Å². The molecular formula is C20H18ClF3N4O2. The van der Waals surface area contributed by atoms with E-state index in [1.807, 2.05) is 0 Å². The summed E-state index contributed by atoms with van der Waals surface area (Å²) in [6.45, 7) is 0.863. The summed E-state index contributed by atoms with van der Waals surface area (Å²) in [7, 11) is 0. The van der Waals surface area contributed by atoms with E-state index in [4.69, 9.17) is 11.6 Å². The van der Waals surface area contributed by atoms with E-state index in [0.717, 1.165) is 12.1 Å². The van der Waals surface area contributed by atoms with Crippen LogP contribution >= 0.6 is 11.6 Å². The molecule has 1 saturated heterocycles. The Morgan fingerprint density at radius 1 is 1.20 bits per heavy atom. The minimum absolute atomic E-state index is 0.0182. The number of aromatic amines is 1. The van der Waals surface area contributed by atoms with Crippen molar-refractivity contribution in [1.82, 2.24) is 19.4 Å². The maximum atomic E-state index is 12.9. The number of hydrogen-bond donors (Lipinski definition) is 1. The molecule has 0 spiro atoms. The quantitative estimate of drug-likeness (QED) is 0.676. The van der Waals surface area contributed by atoms with Crippen molar-refractivity contribution in [2.24, 2.45) is 0 Å². The molecule has 1 aliphatic rings. The topological polar surface area (TPSA) is 71.0 Å². The monoisotopic (exact) mass is 438 g/mol. The Morgan fingerprint density at radius 3 is 2.63 bits per heavy atom. The summed E-state index contributed by atoms with van der Waals surface area (Å²) in [5.74, 6) is 0.462. The van der Waals surface area contributed by atoms with Gasteiger partial charge in [-0.05, 0) is 37.1 Å². The van der Waals surface area contributed by atoms with Crippen LogP contribution in [0.25, 0.3) is 11.0 Å². The molecule has 1 N–H and O–H groups in total. The van der Waals surface area contributed by atoms with Crippen LogP contribution in [-0.2, 0) is 17.5 Å². The fourth-order valence-corrected chi connectivity index (χ4v) is 3.85. The molecule has 1 aliphatic heterocycles. The van der Waals surface area contributed by atoms with E-state index in [1.165, 1.54) is 29.0 Å². The van der Waals surface area contributed by atoms with Crippen LogP contribution in [0.5, 0.6) is 0 Å². The molecule has 3 heterocycles. The summed E-state index contributed by atoms with van der Waals surface area (Å²) in [6, 6.07) is 6.24. The number of benzene rings is 1. The highest BCUT2D eigenvalue weighted by Crippen LogP contribution is 2.32. The lowest BCUT2D eigenvalue weighted by molar-refractivity contribution is -0.137. The summed E-state index contributed by atoms with van der Waals surface area (Å²) >= 11 is 5.88. The Hall–Kier alpha value is -2.81. The fraction of sp³-hybridized carbons (Fsp3) is 0.350. The molecule has 1 fully saturated rings. The van der Waals surface area contributed by atoms with Crippen molar-refractivity contribution in [2.75, 3.05) is 13.1 Å². The number of aromatic nitrogens is 3. The first-order valence-electron chi connectivity index (χ1n) is 9.41. The first-order chi connectivity index (χ1) is 14.2. The van der Waals surface area contributed by atoms with Crippen molar-refractivity contribution in [3.8, 4) is 0 Å². The number of halogens is 4. The maximum Gasteiger partial charge on any atom is 0.416 e. The predicted molar refractivity (Wildman–Crippen MR) is 105 cm³/mol. The van der Waals surface area contributed by atoms with E-state index in [2.05, 4.69) is 9.97 Å². The number of alkyl halides is 3. The molecule has 158 valence electrons. The van der Waals surface area contributed by atoms with E-state index in [0.29, 0.717) is 42.3 Å². The van der Waals surface area contributed by atoms with Crippen LogP contribution in [0, 0.1) is 0 Å². The van der Waals surface area contributed by atoms with Gasteiger partial charge in [-0.25, -0.2) is 4.98 Å². The first-order valence-corrected chi connectivity index (χ1v) is 9.79. The van der Waals surface area contributed by atoms with Gasteiger partial charge in [-0.1, -0.05) is 11.6 Å². The number of imidazole rings is 1. The Bertz CT molecular complexity index is 1150. The van der Waals surface area contributed by atoms with E-state index >= 15 is 0 Å². The first kappa shape index (κ1) is 20.5. The molecule has 10 heteroatoms. The van der Waals surface area contributed by atoms with Gasteiger partial charge < -0.3 is 14.5 Å².